The summed E-state index contributed by atoms with van der Waals surface area (Å²) in [5.74, 6) is 0. The van der Waals surface area contributed by atoms with Gasteiger partial charge in [-0.25, -0.2) is 0 Å². The second-order valence-electron chi connectivity index (χ2n) is 20.4. The summed E-state index contributed by atoms with van der Waals surface area (Å²) in [5, 5.41) is 0. The number of rotatable bonds is 30. The van der Waals surface area contributed by atoms with Crippen LogP contribution in [0.5, 0.6) is 0 Å². The lowest BCUT2D eigenvalue weighted by atomic mass is 9.70. The van der Waals surface area contributed by atoms with Crippen LogP contribution in [0.15, 0.2) is 109 Å². The molecule has 0 bridgehead atoms. The van der Waals surface area contributed by atoms with Gasteiger partial charge in [0.25, 0.3) is 0 Å². The van der Waals surface area contributed by atoms with Crippen LogP contribution in [0.4, 0.5) is 0 Å². The molecule has 0 radical (unpaired) electrons. The average Bonchev–Trinajstić information content (AvgIpc) is 3.77. The molecule has 0 nitrogen and oxygen atoms in total. The highest BCUT2D eigenvalue weighted by molar-refractivity contribution is 5.86. The van der Waals surface area contributed by atoms with Gasteiger partial charge in [-0.2, -0.15) is 0 Å². The number of hydrogen-bond acceptors (Lipinski definition) is 0. The van der Waals surface area contributed by atoms with Gasteiger partial charge in [-0.3, -0.25) is 0 Å². The third-order valence-corrected chi connectivity index (χ3v) is 15.9. The van der Waals surface area contributed by atoms with Crippen molar-refractivity contribution in [3.63, 3.8) is 0 Å². The van der Waals surface area contributed by atoms with Gasteiger partial charge in [0.1, 0.15) is 0 Å². The van der Waals surface area contributed by atoms with Crippen molar-refractivity contribution in [2.24, 2.45) is 0 Å². The van der Waals surface area contributed by atoms with Gasteiger partial charge in [-0.1, -0.05) is 279 Å². The fourth-order valence-electron chi connectivity index (χ4n) is 12.3. The minimum absolute atomic E-state index is 0.108. The molecule has 7 rings (SSSR count). The van der Waals surface area contributed by atoms with Gasteiger partial charge in [0.15, 0.2) is 0 Å². The van der Waals surface area contributed by atoms with Gasteiger partial charge in [0.05, 0.1) is 0 Å². The number of fused-ring (bicyclic) bond motifs is 6. The Balaban J connectivity index is 1.17. The van der Waals surface area contributed by atoms with Crippen LogP contribution in [-0.2, 0) is 10.8 Å². The molecule has 342 valence electrons. The summed E-state index contributed by atoms with van der Waals surface area (Å²) in [7, 11) is 0. The monoisotopic (exact) mass is 855 g/mol. The molecule has 5 aromatic rings. The van der Waals surface area contributed by atoms with Crippen molar-refractivity contribution < 1.29 is 0 Å². The van der Waals surface area contributed by atoms with E-state index in [0.717, 1.165) is 0 Å². The van der Waals surface area contributed by atoms with E-state index in [2.05, 4.69) is 137 Å². The predicted molar refractivity (Wildman–Crippen MR) is 282 cm³/mol. The van der Waals surface area contributed by atoms with E-state index in [1.807, 2.05) is 0 Å². The normalized spacial score (nSPS) is 14.1. The van der Waals surface area contributed by atoms with Crippen LogP contribution in [0.1, 0.15) is 230 Å². The highest BCUT2D eigenvalue weighted by Gasteiger charge is 2.43. The van der Waals surface area contributed by atoms with Crippen molar-refractivity contribution in [2.75, 3.05) is 0 Å². The Kier molecular flexibility index (Phi) is 18.4. The molecule has 0 saturated carbocycles. The predicted octanol–water partition coefficient (Wildman–Crippen LogP) is 20.6. The largest absolute Gasteiger partial charge is 0.0654 e. The molecule has 5 aromatic carbocycles. The first-order valence-corrected chi connectivity index (χ1v) is 27.2. The summed E-state index contributed by atoms with van der Waals surface area (Å²) >= 11 is 0. The first kappa shape index (κ1) is 48.0. The third kappa shape index (κ3) is 11.2. The van der Waals surface area contributed by atoms with E-state index in [1.165, 1.54) is 224 Å². The topological polar surface area (TPSA) is 0 Å². The minimum atomic E-state index is 0.108. The van der Waals surface area contributed by atoms with E-state index in [9.17, 15) is 0 Å². The molecule has 0 fully saturated rings. The van der Waals surface area contributed by atoms with E-state index < -0.39 is 0 Å². The van der Waals surface area contributed by atoms with Crippen molar-refractivity contribution in [2.45, 2.75) is 218 Å². The van der Waals surface area contributed by atoms with Crippen LogP contribution in [-0.4, -0.2) is 0 Å². The Bertz CT molecular complexity index is 1960. The van der Waals surface area contributed by atoms with E-state index in [-0.39, 0.29) is 10.8 Å². The van der Waals surface area contributed by atoms with Gasteiger partial charge in [0, 0.05) is 10.8 Å². The minimum Gasteiger partial charge on any atom is -0.0654 e. The molecular weight excluding hydrogens is 769 g/mol. The first-order valence-electron chi connectivity index (χ1n) is 27.2. The summed E-state index contributed by atoms with van der Waals surface area (Å²) in [6.45, 7) is 9.33. The van der Waals surface area contributed by atoms with Crippen LogP contribution in [0.2, 0.25) is 0 Å². The molecule has 64 heavy (non-hydrogen) atoms. The molecule has 0 unspecified atom stereocenters. The Morgan fingerprint density at radius 2 is 0.516 bits per heavy atom. The van der Waals surface area contributed by atoms with Crippen molar-refractivity contribution >= 4 is 0 Å². The Morgan fingerprint density at radius 3 is 0.844 bits per heavy atom. The molecule has 0 aliphatic heterocycles. The zero-order valence-corrected chi connectivity index (χ0v) is 41.2. The van der Waals surface area contributed by atoms with Crippen LogP contribution >= 0.6 is 0 Å². The van der Waals surface area contributed by atoms with Crippen LogP contribution in [0, 0.1) is 0 Å². The lowest BCUT2D eigenvalue weighted by Gasteiger charge is -2.33. The van der Waals surface area contributed by atoms with Gasteiger partial charge >= 0.3 is 0 Å². The quantitative estimate of drug-likeness (QED) is 0.0404. The summed E-state index contributed by atoms with van der Waals surface area (Å²) in [6.07, 6.45) is 37.5. The van der Waals surface area contributed by atoms with Crippen LogP contribution < -0.4 is 0 Å². The van der Waals surface area contributed by atoms with E-state index in [4.69, 9.17) is 0 Å². The van der Waals surface area contributed by atoms with E-state index >= 15 is 0 Å². The van der Waals surface area contributed by atoms with Gasteiger partial charge in [-0.05, 0) is 105 Å². The first-order chi connectivity index (χ1) is 31.6. The maximum absolute atomic E-state index is 2.63. The molecular formula is C64H86. The fourth-order valence-corrected chi connectivity index (χ4v) is 12.3. The molecule has 0 N–H and O–H groups in total. The van der Waals surface area contributed by atoms with E-state index in [1.54, 1.807) is 22.3 Å². The highest BCUT2D eigenvalue weighted by atomic mass is 14.5. The van der Waals surface area contributed by atoms with Gasteiger partial charge in [-0.15, -0.1) is 0 Å². The second-order valence-corrected chi connectivity index (χ2v) is 20.4. The Morgan fingerprint density at radius 1 is 0.250 bits per heavy atom. The number of unbranched alkanes of at least 4 members (excludes halogenated alkanes) is 20. The van der Waals surface area contributed by atoms with Crippen molar-refractivity contribution in [3.05, 3.63) is 131 Å². The lowest BCUT2D eigenvalue weighted by molar-refractivity contribution is 0.398. The zero-order valence-electron chi connectivity index (χ0n) is 41.2. The number of benzene rings is 5. The second kappa shape index (κ2) is 24.6. The average molecular weight is 855 g/mol. The van der Waals surface area contributed by atoms with Crippen molar-refractivity contribution in [1.82, 2.24) is 0 Å². The molecule has 2 aliphatic rings. The van der Waals surface area contributed by atoms with Crippen molar-refractivity contribution in [1.29, 1.82) is 0 Å². The SMILES string of the molecule is CCCCCCCCC1(CCCCCCCC)c2ccccc2-c2ccc(-c3ccc(-c4ccc5c(c4)C(CCCCCCCC)(CCCCCCCC)c4ccccc4-5)cc3)cc21. The zero-order chi connectivity index (χ0) is 44.5. The Hall–Kier alpha value is -3.90. The molecule has 0 amide bonds. The molecule has 0 heteroatoms. The maximum atomic E-state index is 2.63. The summed E-state index contributed by atoms with van der Waals surface area (Å²) in [4.78, 5) is 0. The standard InChI is InChI=1S/C64H86/c1-5-9-13-17-21-29-45-63(46-30-22-18-14-10-6-2)59-35-27-25-33-55(59)57-43-41-53(49-61(57)63)51-37-39-52(40-38-51)54-42-44-58-56-34-26-28-36-60(56)64(62(58)50-54,47-31-23-19-15-11-7-3)48-32-24-20-16-12-8-4/h25-28,33-44,49-50H,5-24,29-32,45-48H2,1-4H3. The fraction of sp³-hybridized carbons (Fsp3) is 0.531. The third-order valence-electron chi connectivity index (χ3n) is 15.9. The van der Waals surface area contributed by atoms with E-state index in [0.29, 0.717) is 0 Å². The smallest absolute Gasteiger partial charge is 0.0215 e. The number of hydrogen-bond donors (Lipinski definition) is 0. The molecule has 0 aromatic heterocycles. The van der Waals surface area contributed by atoms with Gasteiger partial charge in [0.2, 0.25) is 0 Å². The summed E-state index contributed by atoms with van der Waals surface area (Å²) in [5.41, 5.74) is 18.0. The Labute approximate surface area is 392 Å². The molecule has 0 heterocycles. The summed E-state index contributed by atoms with van der Waals surface area (Å²) < 4.78 is 0. The van der Waals surface area contributed by atoms with Crippen molar-refractivity contribution in [3.8, 4) is 44.5 Å². The van der Waals surface area contributed by atoms with Crippen LogP contribution in [0.3, 0.4) is 0 Å². The molecule has 0 spiro atoms. The van der Waals surface area contributed by atoms with Gasteiger partial charge < -0.3 is 0 Å². The highest BCUT2D eigenvalue weighted by Crippen LogP contribution is 2.56. The van der Waals surface area contributed by atoms with Crippen LogP contribution in [0.25, 0.3) is 44.5 Å². The molecule has 2 aliphatic carbocycles. The maximum Gasteiger partial charge on any atom is 0.0215 e. The summed E-state index contributed by atoms with van der Waals surface area (Å²) in [6, 6.07) is 43.7. The lowest BCUT2D eigenvalue weighted by Crippen LogP contribution is -2.25. The molecule has 0 saturated heterocycles. The molecule has 0 atom stereocenters.